The van der Waals surface area contributed by atoms with Gasteiger partial charge in [0.25, 0.3) is 0 Å². The van der Waals surface area contributed by atoms with Gasteiger partial charge in [-0.15, -0.1) is 11.8 Å². The summed E-state index contributed by atoms with van der Waals surface area (Å²) in [7, 11) is 3.80. The summed E-state index contributed by atoms with van der Waals surface area (Å²) in [5.41, 5.74) is 2.49. The van der Waals surface area contributed by atoms with Crippen LogP contribution in [0, 0.1) is 0 Å². The van der Waals surface area contributed by atoms with Gasteiger partial charge >= 0.3 is 0 Å². The van der Waals surface area contributed by atoms with Crippen molar-refractivity contribution in [3.05, 3.63) is 35.2 Å². The average Bonchev–Trinajstić information content (AvgIpc) is 2.65. The van der Waals surface area contributed by atoms with E-state index in [4.69, 9.17) is 4.74 Å². The van der Waals surface area contributed by atoms with Crippen molar-refractivity contribution in [1.29, 1.82) is 0 Å². The third-order valence-corrected chi connectivity index (χ3v) is 3.17. The summed E-state index contributed by atoms with van der Waals surface area (Å²) in [5, 5.41) is 2.19. The molecule has 0 spiro atoms. The van der Waals surface area contributed by atoms with Crippen LogP contribution in [0.1, 0.15) is 5.56 Å². The quantitative estimate of drug-likeness (QED) is 0.739. The lowest BCUT2D eigenvalue weighted by atomic mass is 10.1. The Balaban J connectivity index is 2.32. The molecule has 0 bridgehead atoms. The van der Waals surface area contributed by atoms with Gasteiger partial charge in [-0.05, 0) is 17.5 Å². The molecule has 0 atom stereocenters. The summed E-state index contributed by atoms with van der Waals surface area (Å²) in [6.45, 7) is 0. The number of methoxy groups -OCH3 is 1. The van der Waals surface area contributed by atoms with Crippen molar-refractivity contribution in [2.75, 3.05) is 20.0 Å². The first-order chi connectivity index (χ1) is 6.81. The van der Waals surface area contributed by atoms with Crippen LogP contribution in [0.5, 0.6) is 5.75 Å². The molecule has 2 nitrogen and oxygen atoms in total. The SMILES string of the molecule is COc1cccc(C2=CSCN2C)c1. The zero-order chi connectivity index (χ0) is 9.97. The highest BCUT2D eigenvalue weighted by molar-refractivity contribution is 8.02. The Labute approximate surface area is 88.6 Å². The fourth-order valence-electron chi connectivity index (χ4n) is 1.46. The minimum absolute atomic E-state index is 0.911. The van der Waals surface area contributed by atoms with Gasteiger partial charge in [0.1, 0.15) is 5.75 Å². The standard InChI is InChI=1S/C11H13NOS/c1-12-8-14-7-11(12)9-4-3-5-10(6-9)13-2/h3-7H,8H2,1-2H3. The Morgan fingerprint density at radius 1 is 1.43 bits per heavy atom. The Bertz CT molecular complexity index is 362. The molecule has 1 aromatic rings. The maximum Gasteiger partial charge on any atom is 0.119 e. The van der Waals surface area contributed by atoms with Crippen LogP contribution in [0.4, 0.5) is 0 Å². The summed E-state index contributed by atoms with van der Waals surface area (Å²) < 4.78 is 5.20. The summed E-state index contributed by atoms with van der Waals surface area (Å²) in [4.78, 5) is 2.24. The number of nitrogens with zero attached hydrogens (tertiary/aromatic N) is 1. The van der Waals surface area contributed by atoms with E-state index in [0.717, 1.165) is 11.6 Å². The molecule has 2 rings (SSSR count). The van der Waals surface area contributed by atoms with E-state index < -0.39 is 0 Å². The molecule has 0 aromatic heterocycles. The van der Waals surface area contributed by atoms with Crippen LogP contribution < -0.4 is 4.74 Å². The molecule has 1 aliphatic heterocycles. The van der Waals surface area contributed by atoms with Gasteiger partial charge in [0, 0.05) is 12.6 Å². The zero-order valence-corrected chi connectivity index (χ0v) is 9.17. The van der Waals surface area contributed by atoms with Gasteiger partial charge in [-0.3, -0.25) is 0 Å². The fourth-order valence-corrected chi connectivity index (χ4v) is 2.37. The molecule has 0 fully saturated rings. The second-order valence-corrected chi connectivity index (χ2v) is 4.06. The van der Waals surface area contributed by atoms with Crippen molar-refractivity contribution in [3.63, 3.8) is 0 Å². The van der Waals surface area contributed by atoms with E-state index >= 15 is 0 Å². The monoisotopic (exact) mass is 207 g/mol. The van der Waals surface area contributed by atoms with Crippen molar-refractivity contribution in [2.45, 2.75) is 0 Å². The molecule has 14 heavy (non-hydrogen) atoms. The van der Waals surface area contributed by atoms with Crippen LogP contribution >= 0.6 is 11.8 Å². The number of hydrogen-bond donors (Lipinski definition) is 0. The normalized spacial score (nSPS) is 15.6. The van der Waals surface area contributed by atoms with Gasteiger partial charge in [0.15, 0.2) is 0 Å². The summed E-state index contributed by atoms with van der Waals surface area (Å²) in [6.07, 6.45) is 0. The first-order valence-corrected chi connectivity index (χ1v) is 5.53. The largest absolute Gasteiger partial charge is 0.497 e. The van der Waals surface area contributed by atoms with Crippen molar-refractivity contribution in [2.24, 2.45) is 0 Å². The Morgan fingerprint density at radius 2 is 2.29 bits per heavy atom. The lowest BCUT2D eigenvalue weighted by molar-refractivity contribution is 0.414. The third kappa shape index (κ3) is 1.73. The number of thioether (sulfide) groups is 1. The predicted octanol–water partition coefficient (Wildman–Crippen LogP) is 2.63. The van der Waals surface area contributed by atoms with E-state index in [1.54, 1.807) is 7.11 Å². The molecule has 0 saturated carbocycles. The van der Waals surface area contributed by atoms with Crippen LogP contribution in [0.2, 0.25) is 0 Å². The van der Waals surface area contributed by atoms with E-state index in [1.807, 2.05) is 23.9 Å². The highest BCUT2D eigenvalue weighted by Crippen LogP contribution is 2.30. The average molecular weight is 207 g/mol. The molecule has 0 aliphatic carbocycles. The van der Waals surface area contributed by atoms with Crippen LogP contribution in [-0.4, -0.2) is 24.9 Å². The minimum atomic E-state index is 0.911. The molecule has 0 N–H and O–H groups in total. The summed E-state index contributed by atoms with van der Waals surface area (Å²) in [5.74, 6) is 1.95. The summed E-state index contributed by atoms with van der Waals surface area (Å²) >= 11 is 1.82. The van der Waals surface area contributed by atoms with Gasteiger partial charge in [-0.1, -0.05) is 12.1 Å². The van der Waals surface area contributed by atoms with E-state index in [0.29, 0.717) is 0 Å². The van der Waals surface area contributed by atoms with Crippen molar-refractivity contribution < 1.29 is 4.74 Å². The number of hydrogen-bond acceptors (Lipinski definition) is 3. The van der Waals surface area contributed by atoms with E-state index in [9.17, 15) is 0 Å². The van der Waals surface area contributed by atoms with Gasteiger partial charge in [-0.2, -0.15) is 0 Å². The molecule has 1 aliphatic rings. The summed E-state index contributed by atoms with van der Waals surface area (Å²) in [6, 6.07) is 8.16. The first-order valence-electron chi connectivity index (χ1n) is 4.48. The number of rotatable bonds is 2. The van der Waals surface area contributed by atoms with Crippen molar-refractivity contribution in [1.82, 2.24) is 4.90 Å². The van der Waals surface area contributed by atoms with Crippen molar-refractivity contribution >= 4 is 17.5 Å². The molecule has 0 radical (unpaired) electrons. The van der Waals surface area contributed by atoms with E-state index in [1.165, 1.54) is 11.3 Å². The Morgan fingerprint density at radius 3 is 2.93 bits per heavy atom. The third-order valence-electron chi connectivity index (χ3n) is 2.24. The molecule has 0 unspecified atom stereocenters. The Hall–Kier alpha value is -1.09. The van der Waals surface area contributed by atoms with Crippen LogP contribution in [0.15, 0.2) is 29.7 Å². The lowest BCUT2D eigenvalue weighted by Gasteiger charge is -2.15. The minimum Gasteiger partial charge on any atom is -0.497 e. The topological polar surface area (TPSA) is 12.5 Å². The lowest BCUT2D eigenvalue weighted by Crippen LogP contribution is -2.10. The van der Waals surface area contributed by atoms with Gasteiger partial charge in [0.2, 0.25) is 0 Å². The van der Waals surface area contributed by atoms with Crippen LogP contribution in [-0.2, 0) is 0 Å². The van der Waals surface area contributed by atoms with Crippen LogP contribution in [0.25, 0.3) is 5.70 Å². The smallest absolute Gasteiger partial charge is 0.119 e. The van der Waals surface area contributed by atoms with Gasteiger partial charge in [0.05, 0.1) is 18.7 Å². The molecule has 1 heterocycles. The molecule has 74 valence electrons. The fraction of sp³-hybridized carbons (Fsp3) is 0.273. The van der Waals surface area contributed by atoms with E-state index in [-0.39, 0.29) is 0 Å². The molecular weight excluding hydrogens is 194 g/mol. The second-order valence-electron chi connectivity index (χ2n) is 3.23. The Kier molecular flexibility index (Phi) is 2.68. The maximum absolute atomic E-state index is 5.20. The predicted molar refractivity (Wildman–Crippen MR) is 61.2 cm³/mol. The van der Waals surface area contributed by atoms with Gasteiger partial charge < -0.3 is 9.64 Å². The van der Waals surface area contributed by atoms with Crippen LogP contribution in [0.3, 0.4) is 0 Å². The molecule has 1 aromatic carbocycles. The highest BCUT2D eigenvalue weighted by atomic mass is 32.2. The number of ether oxygens (including phenoxy) is 1. The molecule has 0 amide bonds. The molecule has 0 saturated heterocycles. The maximum atomic E-state index is 5.20. The molecule has 3 heteroatoms. The first kappa shape index (κ1) is 9.46. The highest BCUT2D eigenvalue weighted by Gasteiger charge is 2.13. The number of benzene rings is 1. The van der Waals surface area contributed by atoms with Gasteiger partial charge in [-0.25, -0.2) is 0 Å². The second kappa shape index (κ2) is 3.96. The van der Waals surface area contributed by atoms with E-state index in [2.05, 4.69) is 29.5 Å². The van der Waals surface area contributed by atoms with Crippen molar-refractivity contribution in [3.8, 4) is 5.75 Å². The zero-order valence-electron chi connectivity index (χ0n) is 8.36. The molecular formula is C11H13NOS.